The van der Waals surface area contributed by atoms with Crippen molar-refractivity contribution in [3.63, 3.8) is 0 Å². The zero-order valence-electron chi connectivity index (χ0n) is 13.0. The maximum atomic E-state index is 5.24. The number of hydrogen-bond donors (Lipinski definition) is 2. The van der Waals surface area contributed by atoms with Crippen molar-refractivity contribution in [1.29, 1.82) is 0 Å². The van der Waals surface area contributed by atoms with Crippen LogP contribution in [-0.2, 0) is 6.54 Å². The minimum Gasteiger partial charge on any atom is -0.359 e. The van der Waals surface area contributed by atoms with E-state index >= 15 is 0 Å². The van der Waals surface area contributed by atoms with E-state index in [1.54, 1.807) is 12.4 Å². The highest BCUT2D eigenvalue weighted by Gasteiger charge is 2.14. The number of nitrogens with one attached hydrogen (secondary N) is 2. The Morgan fingerprint density at radius 3 is 2.87 bits per heavy atom. The van der Waals surface area contributed by atoms with Crippen molar-refractivity contribution in [3.05, 3.63) is 53.9 Å². The van der Waals surface area contributed by atoms with Crippen molar-refractivity contribution >= 4 is 23.5 Å². The molecule has 1 fully saturated rings. The molecule has 23 heavy (non-hydrogen) atoms. The molecule has 1 aromatic heterocycles. The zero-order valence-corrected chi connectivity index (χ0v) is 13.8. The summed E-state index contributed by atoms with van der Waals surface area (Å²) in [6, 6.07) is 10.7. The van der Waals surface area contributed by atoms with Crippen molar-refractivity contribution < 1.29 is 0 Å². The number of thiocarbonyl (C=S) groups is 1. The lowest BCUT2D eigenvalue weighted by Gasteiger charge is -2.12. The number of hydrogen-bond acceptors (Lipinski definition) is 3. The average Bonchev–Trinajstić information content (AvgIpc) is 3.21. The fourth-order valence-electron chi connectivity index (χ4n) is 2.76. The minimum atomic E-state index is 0.499. The van der Waals surface area contributed by atoms with Gasteiger partial charge >= 0.3 is 0 Å². The highest BCUT2D eigenvalue weighted by atomic mass is 32.1. The first-order chi connectivity index (χ1) is 11.3. The van der Waals surface area contributed by atoms with Gasteiger partial charge in [-0.2, -0.15) is 10.2 Å². The van der Waals surface area contributed by atoms with Gasteiger partial charge in [-0.1, -0.05) is 43.2 Å². The second-order valence-corrected chi connectivity index (χ2v) is 6.19. The van der Waals surface area contributed by atoms with Crippen LogP contribution >= 0.6 is 12.2 Å². The molecule has 120 valence electrons. The van der Waals surface area contributed by atoms with Gasteiger partial charge in [0.15, 0.2) is 5.11 Å². The Kier molecular flexibility index (Phi) is 5.37. The molecule has 1 aliphatic rings. The van der Waals surface area contributed by atoms with Gasteiger partial charge in [-0.25, -0.2) is 0 Å². The summed E-state index contributed by atoms with van der Waals surface area (Å²) in [7, 11) is 0. The van der Waals surface area contributed by atoms with Crippen molar-refractivity contribution in [2.75, 3.05) is 0 Å². The standard InChI is InChI=1S/C17H21N5S/c23-17(20-16-8-4-5-9-16)21-18-10-15-11-19-22(13-15)12-14-6-2-1-3-7-14/h1-3,6-7,10-11,13,16H,4-5,8-9,12H2,(H2,20,21,23)/b18-10-. The summed E-state index contributed by atoms with van der Waals surface area (Å²) in [5.41, 5.74) is 5.03. The smallest absolute Gasteiger partial charge is 0.187 e. The van der Waals surface area contributed by atoms with Crippen LogP contribution in [0.4, 0.5) is 0 Å². The molecule has 0 amide bonds. The molecule has 0 radical (unpaired) electrons. The number of aromatic nitrogens is 2. The van der Waals surface area contributed by atoms with Gasteiger partial charge in [0.1, 0.15) is 0 Å². The molecule has 2 aromatic rings. The van der Waals surface area contributed by atoms with Gasteiger partial charge in [-0.05, 0) is 30.6 Å². The second-order valence-electron chi connectivity index (χ2n) is 5.78. The molecule has 0 saturated heterocycles. The van der Waals surface area contributed by atoms with E-state index in [2.05, 4.69) is 33.1 Å². The van der Waals surface area contributed by atoms with Gasteiger partial charge in [0.05, 0.1) is 19.0 Å². The monoisotopic (exact) mass is 327 g/mol. The summed E-state index contributed by atoms with van der Waals surface area (Å²) >= 11 is 5.24. The van der Waals surface area contributed by atoms with E-state index in [0.717, 1.165) is 12.1 Å². The summed E-state index contributed by atoms with van der Waals surface area (Å²) in [6.07, 6.45) is 10.4. The van der Waals surface area contributed by atoms with Crippen LogP contribution in [0, 0.1) is 0 Å². The van der Waals surface area contributed by atoms with Gasteiger partial charge in [-0.3, -0.25) is 10.1 Å². The molecule has 0 atom stereocenters. The van der Waals surface area contributed by atoms with Crippen LogP contribution in [0.3, 0.4) is 0 Å². The third kappa shape index (κ3) is 4.89. The van der Waals surface area contributed by atoms with Crippen molar-refractivity contribution in [1.82, 2.24) is 20.5 Å². The molecular weight excluding hydrogens is 306 g/mol. The summed E-state index contributed by atoms with van der Waals surface area (Å²) in [4.78, 5) is 0. The van der Waals surface area contributed by atoms with Crippen molar-refractivity contribution in [2.45, 2.75) is 38.3 Å². The maximum Gasteiger partial charge on any atom is 0.187 e. The van der Waals surface area contributed by atoms with Crippen molar-refractivity contribution in [2.24, 2.45) is 5.10 Å². The molecule has 0 unspecified atom stereocenters. The van der Waals surface area contributed by atoms with Gasteiger partial charge in [0, 0.05) is 17.8 Å². The lowest BCUT2D eigenvalue weighted by molar-refractivity contribution is 0.624. The normalized spacial score (nSPS) is 15.1. The molecule has 1 aromatic carbocycles. The highest BCUT2D eigenvalue weighted by molar-refractivity contribution is 7.80. The number of rotatable bonds is 5. The van der Waals surface area contributed by atoms with E-state index < -0.39 is 0 Å². The Balaban J connectivity index is 1.47. The largest absolute Gasteiger partial charge is 0.359 e. The topological polar surface area (TPSA) is 54.2 Å². The van der Waals surface area contributed by atoms with Crippen LogP contribution < -0.4 is 10.7 Å². The second kappa shape index (κ2) is 7.87. The molecule has 0 bridgehead atoms. The number of benzene rings is 1. The van der Waals surface area contributed by atoms with E-state index in [1.165, 1.54) is 31.2 Å². The van der Waals surface area contributed by atoms with Crippen LogP contribution in [0.1, 0.15) is 36.8 Å². The fourth-order valence-corrected chi connectivity index (χ4v) is 2.98. The van der Waals surface area contributed by atoms with E-state index in [0.29, 0.717) is 11.2 Å². The third-order valence-corrected chi connectivity index (χ3v) is 4.12. The summed E-state index contributed by atoms with van der Waals surface area (Å²) in [5.74, 6) is 0. The molecular formula is C17H21N5S. The molecule has 1 heterocycles. The third-order valence-electron chi connectivity index (χ3n) is 3.91. The Morgan fingerprint density at radius 1 is 1.30 bits per heavy atom. The van der Waals surface area contributed by atoms with E-state index in [4.69, 9.17) is 12.2 Å². The molecule has 0 spiro atoms. The molecule has 6 heteroatoms. The number of hydrazone groups is 1. The molecule has 5 nitrogen and oxygen atoms in total. The van der Waals surface area contributed by atoms with Crippen LogP contribution in [0.15, 0.2) is 47.8 Å². The first-order valence-corrected chi connectivity index (χ1v) is 8.36. The molecule has 2 N–H and O–H groups in total. The van der Waals surface area contributed by atoms with Gasteiger partial charge in [0.25, 0.3) is 0 Å². The lowest BCUT2D eigenvalue weighted by Crippen LogP contribution is -2.38. The predicted molar refractivity (Wildman–Crippen MR) is 96.5 cm³/mol. The maximum absolute atomic E-state index is 5.24. The molecule has 1 saturated carbocycles. The molecule has 0 aliphatic heterocycles. The Hall–Kier alpha value is -2.21. The number of nitrogens with zero attached hydrogens (tertiary/aromatic N) is 3. The van der Waals surface area contributed by atoms with E-state index in [9.17, 15) is 0 Å². The SMILES string of the molecule is S=C(N/N=C\c1cnn(Cc2ccccc2)c1)NC1CCCC1. The summed E-state index contributed by atoms with van der Waals surface area (Å²) in [5, 5.41) is 12.4. The van der Waals surface area contributed by atoms with Gasteiger partial charge in [-0.15, -0.1) is 0 Å². The van der Waals surface area contributed by atoms with Crippen molar-refractivity contribution in [3.8, 4) is 0 Å². The quantitative estimate of drug-likeness (QED) is 0.504. The van der Waals surface area contributed by atoms with Crippen LogP contribution in [0.25, 0.3) is 0 Å². The fraction of sp³-hybridized carbons (Fsp3) is 0.353. The molecule has 3 rings (SSSR count). The Labute approximate surface area is 141 Å². The van der Waals surface area contributed by atoms with Gasteiger partial charge < -0.3 is 5.32 Å². The lowest BCUT2D eigenvalue weighted by atomic mass is 10.2. The zero-order chi connectivity index (χ0) is 15.9. The van der Waals surface area contributed by atoms with E-state index in [1.807, 2.05) is 29.1 Å². The first kappa shape index (κ1) is 15.7. The van der Waals surface area contributed by atoms with Gasteiger partial charge in [0.2, 0.25) is 0 Å². The summed E-state index contributed by atoms with van der Waals surface area (Å²) < 4.78 is 1.89. The highest BCUT2D eigenvalue weighted by Crippen LogP contribution is 2.17. The molecule has 1 aliphatic carbocycles. The van der Waals surface area contributed by atoms with Crippen LogP contribution in [0.5, 0.6) is 0 Å². The van der Waals surface area contributed by atoms with Crippen LogP contribution in [0.2, 0.25) is 0 Å². The first-order valence-electron chi connectivity index (χ1n) is 7.95. The predicted octanol–water partition coefficient (Wildman–Crippen LogP) is 2.67. The van der Waals surface area contributed by atoms with Crippen LogP contribution in [-0.4, -0.2) is 27.1 Å². The summed E-state index contributed by atoms with van der Waals surface area (Å²) in [6.45, 7) is 0.754. The van der Waals surface area contributed by atoms with E-state index in [-0.39, 0.29) is 0 Å². The Bertz CT molecular complexity index is 659. The Morgan fingerprint density at radius 2 is 2.09 bits per heavy atom. The average molecular weight is 327 g/mol. The minimum absolute atomic E-state index is 0.499.